The van der Waals surface area contributed by atoms with Crippen molar-refractivity contribution in [1.82, 2.24) is 19.9 Å². The van der Waals surface area contributed by atoms with Gasteiger partial charge in [0, 0.05) is 24.5 Å². The average molecular weight is 521 g/mol. The lowest BCUT2D eigenvalue weighted by molar-refractivity contribution is -0.274. The third-order valence-corrected chi connectivity index (χ3v) is 4.96. The molecule has 13 heteroatoms. The van der Waals surface area contributed by atoms with Crippen LogP contribution in [0.4, 0.5) is 27.8 Å². The highest BCUT2D eigenvalue weighted by Gasteiger charge is 2.31. The van der Waals surface area contributed by atoms with Crippen LogP contribution in [0.1, 0.15) is 31.2 Å². The first-order valence-corrected chi connectivity index (χ1v) is 10.5. The second-order valence-electron chi connectivity index (χ2n) is 7.72. The summed E-state index contributed by atoms with van der Waals surface area (Å²) < 4.78 is 88.7. The van der Waals surface area contributed by atoms with Gasteiger partial charge in [-0.3, -0.25) is 9.59 Å². The molecule has 0 aliphatic carbocycles. The lowest BCUT2D eigenvalue weighted by Crippen LogP contribution is -2.25. The van der Waals surface area contributed by atoms with Gasteiger partial charge in [0.25, 0.3) is 5.91 Å². The average Bonchev–Trinajstić information content (AvgIpc) is 3.19. The summed E-state index contributed by atoms with van der Waals surface area (Å²) >= 11 is 0. The Morgan fingerprint density at radius 3 is 2.59 bits per heavy atom. The molecule has 4 aromatic rings. The van der Waals surface area contributed by atoms with Crippen molar-refractivity contribution in [2.75, 3.05) is 5.32 Å². The van der Waals surface area contributed by atoms with E-state index in [1.165, 1.54) is 35.8 Å². The van der Waals surface area contributed by atoms with E-state index in [9.17, 15) is 27.2 Å². The van der Waals surface area contributed by atoms with E-state index in [1.807, 2.05) is 5.32 Å². The zero-order chi connectivity index (χ0) is 28.7. The fourth-order valence-electron chi connectivity index (χ4n) is 3.41. The zero-order valence-corrected chi connectivity index (χ0v) is 19.1. The molecule has 2 amide bonds. The maximum Gasteiger partial charge on any atom is 0.573 e. The molecular weight excluding hydrogens is 501 g/mol. The van der Waals surface area contributed by atoms with Crippen LogP contribution in [-0.4, -0.2) is 32.8 Å². The minimum absolute atomic E-state index is 0.0741. The fourth-order valence-corrected chi connectivity index (χ4v) is 3.41. The summed E-state index contributed by atoms with van der Waals surface area (Å²) in [6.45, 7) is -0.219. The highest BCUT2D eigenvalue weighted by atomic mass is 19.4. The molecule has 0 atom stereocenters. The van der Waals surface area contributed by atoms with Crippen LogP contribution < -0.4 is 15.4 Å². The van der Waals surface area contributed by atoms with Gasteiger partial charge >= 0.3 is 6.36 Å². The molecule has 0 aliphatic heterocycles. The van der Waals surface area contributed by atoms with Gasteiger partial charge in [-0.05, 0) is 48.9 Å². The summed E-state index contributed by atoms with van der Waals surface area (Å²) in [4.78, 5) is 28.3. The summed E-state index contributed by atoms with van der Waals surface area (Å²) in [7, 11) is 0. The molecule has 37 heavy (non-hydrogen) atoms. The quantitative estimate of drug-likeness (QED) is 0.357. The number of aryl methyl sites for hydroxylation is 1. The van der Waals surface area contributed by atoms with E-state index in [-0.39, 0.29) is 23.0 Å². The minimum Gasteiger partial charge on any atom is -0.406 e. The van der Waals surface area contributed by atoms with Crippen LogP contribution in [0.3, 0.4) is 0 Å². The topological polar surface area (TPSA) is 97.6 Å². The summed E-state index contributed by atoms with van der Waals surface area (Å²) in [6, 6.07) is 7.00. The zero-order valence-electron chi connectivity index (χ0n) is 21.1. The minimum atomic E-state index is -5.12. The van der Waals surface area contributed by atoms with Crippen LogP contribution in [-0.2, 0) is 11.3 Å². The Balaban J connectivity index is 1.67. The highest BCUT2D eigenvalue weighted by molar-refractivity contribution is 5.96. The van der Waals surface area contributed by atoms with Crippen molar-refractivity contribution >= 4 is 23.3 Å². The number of carbonyl (C=O) groups is 2. The van der Waals surface area contributed by atoms with Gasteiger partial charge in [0.15, 0.2) is 11.5 Å². The SMILES string of the molecule is [2H]C([2H])(NC(=O)c1ccc(C)c(-c2ccc3nc(NC(C)=O)cn3n2)c1F)c1cc(OC(F)(F)F)ccc1F. The number of anilines is 1. The molecule has 0 unspecified atom stereocenters. The Kier molecular flexibility index (Phi) is 6.08. The summed E-state index contributed by atoms with van der Waals surface area (Å²) in [5.41, 5.74) is -0.927. The second kappa shape index (κ2) is 9.84. The lowest BCUT2D eigenvalue weighted by Gasteiger charge is -2.13. The molecule has 0 fully saturated rings. The molecule has 0 aliphatic rings. The van der Waals surface area contributed by atoms with Crippen LogP contribution >= 0.6 is 0 Å². The normalized spacial score (nSPS) is 12.6. The number of alkyl halides is 3. The number of imidazole rings is 1. The predicted octanol–water partition coefficient (Wildman–Crippen LogP) is 4.77. The van der Waals surface area contributed by atoms with Crippen LogP contribution in [0, 0.1) is 18.6 Å². The molecule has 8 nitrogen and oxygen atoms in total. The Morgan fingerprint density at radius 1 is 1.14 bits per heavy atom. The van der Waals surface area contributed by atoms with Crippen LogP contribution in [0.15, 0.2) is 48.7 Å². The van der Waals surface area contributed by atoms with E-state index < -0.39 is 47.3 Å². The number of ether oxygens (including phenoxy) is 1. The van der Waals surface area contributed by atoms with Gasteiger partial charge in [-0.1, -0.05) is 6.07 Å². The highest BCUT2D eigenvalue weighted by Crippen LogP contribution is 2.28. The first-order valence-electron chi connectivity index (χ1n) is 11.5. The molecule has 0 radical (unpaired) electrons. The van der Waals surface area contributed by atoms with Crippen molar-refractivity contribution < 1.29 is 39.0 Å². The predicted molar refractivity (Wildman–Crippen MR) is 122 cm³/mol. The number of hydrogen-bond acceptors (Lipinski definition) is 5. The first kappa shape index (κ1) is 22.9. The van der Waals surface area contributed by atoms with Crippen LogP contribution in [0.5, 0.6) is 5.75 Å². The van der Waals surface area contributed by atoms with E-state index >= 15 is 4.39 Å². The molecule has 0 spiro atoms. The Labute approximate surface area is 208 Å². The van der Waals surface area contributed by atoms with E-state index in [0.717, 1.165) is 6.07 Å². The van der Waals surface area contributed by atoms with Gasteiger partial charge in [0.1, 0.15) is 17.4 Å². The standard InChI is InChI=1S/C24H18F5N5O3/c1-12-3-5-16(23(36)30-10-14-9-15(4-6-17(14)25)37-24(27,28)29)22(26)21(12)18-7-8-20-32-19(31-13(2)35)11-34(20)33-18/h3-9,11H,10H2,1-2H3,(H,30,36)(H,31,35)/i10D2. The van der Waals surface area contributed by atoms with Gasteiger partial charge in [-0.15, -0.1) is 13.2 Å². The Morgan fingerprint density at radius 2 is 1.89 bits per heavy atom. The summed E-state index contributed by atoms with van der Waals surface area (Å²) in [5, 5.41) is 8.57. The maximum atomic E-state index is 15.6. The number of halogens is 5. The number of nitrogens with zero attached hydrogens (tertiary/aromatic N) is 3. The summed E-state index contributed by atoms with van der Waals surface area (Å²) in [6.07, 6.45) is -3.73. The molecule has 4 rings (SSSR count). The van der Waals surface area contributed by atoms with Crippen molar-refractivity contribution in [3.05, 3.63) is 77.0 Å². The molecule has 0 saturated heterocycles. The largest absolute Gasteiger partial charge is 0.573 e. The molecule has 2 N–H and O–H groups in total. The Bertz CT molecular complexity index is 1610. The Hall–Kier alpha value is -4.55. The van der Waals surface area contributed by atoms with Gasteiger partial charge in [0.05, 0.1) is 20.2 Å². The number of rotatable bonds is 6. The number of hydrogen-bond donors (Lipinski definition) is 2. The third-order valence-electron chi connectivity index (χ3n) is 4.96. The lowest BCUT2D eigenvalue weighted by atomic mass is 10.0. The van der Waals surface area contributed by atoms with Crippen molar-refractivity contribution in [3.63, 3.8) is 0 Å². The second-order valence-corrected chi connectivity index (χ2v) is 7.72. The molecule has 0 bridgehead atoms. The van der Waals surface area contributed by atoms with Crippen LogP contribution in [0.25, 0.3) is 16.9 Å². The van der Waals surface area contributed by atoms with Crippen molar-refractivity contribution in [1.29, 1.82) is 0 Å². The number of fused-ring (bicyclic) bond motifs is 1. The van der Waals surface area contributed by atoms with E-state index in [1.54, 1.807) is 6.92 Å². The smallest absolute Gasteiger partial charge is 0.406 e. The molecule has 2 heterocycles. The van der Waals surface area contributed by atoms with Crippen LogP contribution in [0.2, 0.25) is 0 Å². The number of carbonyl (C=O) groups excluding carboxylic acids is 2. The van der Waals surface area contributed by atoms with Gasteiger partial charge in [-0.25, -0.2) is 18.3 Å². The van der Waals surface area contributed by atoms with Gasteiger partial charge in [0.2, 0.25) is 5.91 Å². The van der Waals surface area contributed by atoms with E-state index in [4.69, 9.17) is 2.74 Å². The monoisotopic (exact) mass is 521 g/mol. The molecule has 192 valence electrons. The number of aromatic nitrogens is 3. The van der Waals surface area contributed by atoms with Crippen molar-refractivity contribution in [2.45, 2.75) is 26.7 Å². The summed E-state index contributed by atoms with van der Waals surface area (Å²) in [5.74, 6) is -4.72. The molecule has 2 aromatic carbocycles. The maximum absolute atomic E-state index is 15.6. The number of nitrogens with one attached hydrogen (secondary N) is 2. The molecular formula is C24H18F5N5O3. The number of benzene rings is 2. The van der Waals surface area contributed by atoms with Gasteiger partial charge in [-0.2, -0.15) is 5.10 Å². The van der Waals surface area contributed by atoms with Gasteiger partial charge < -0.3 is 15.4 Å². The molecule has 0 saturated carbocycles. The number of amides is 2. The van der Waals surface area contributed by atoms with Crippen molar-refractivity contribution in [3.8, 4) is 17.0 Å². The molecule has 2 aromatic heterocycles. The van der Waals surface area contributed by atoms with E-state index in [0.29, 0.717) is 29.4 Å². The third kappa shape index (κ3) is 5.82. The van der Waals surface area contributed by atoms with E-state index in [2.05, 4.69) is 20.1 Å². The van der Waals surface area contributed by atoms with Crippen molar-refractivity contribution in [2.24, 2.45) is 0 Å². The first-order chi connectivity index (χ1) is 18.1. The fraction of sp³-hybridized carbons (Fsp3) is 0.167.